The molecule has 0 unspecified atom stereocenters. The van der Waals surface area contributed by atoms with Gasteiger partial charge in [-0.05, 0) is 61.4 Å². The number of fused-ring (bicyclic) bond motifs is 1. The average Bonchev–Trinajstić information content (AvgIpc) is 2.69. The highest BCUT2D eigenvalue weighted by atomic mass is 16.5. The van der Waals surface area contributed by atoms with Gasteiger partial charge in [0.25, 0.3) is 0 Å². The zero-order chi connectivity index (χ0) is 19.5. The third-order valence-electron chi connectivity index (χ3n) is 4.87. The number of amides is 2. The Labute approximate surface area is 164 Å². The molecule has 0 bridgehead atoms. The van der Waals surface area contributed by atoms with Crippen LogP contribution in [-0.4, -0.2) is 37.3 Å². The Hall–Kier alpha value is -3.12. The highest BCUT2D eigenvalue weighted by molar-refractivity contribution is 6.01. The molecule has 1 aliphatic rings. The van der Waals surface area contributed by atoms with Crippen molar-refractivity contribution in [2.24, 2.45) is 0 Å². The molecule has 1 aromatic heterocycles. The molecule has 0 saturated carbocycles. The van der Waals surface area contributed by atoms with E-state index in [1.807, 2.05) is 49.4 Å². The predicted octanol–water partition coefficient (Wildman–Crippen LogP) is 4.33. The van der Waals surface area contributed by atoms with Crippen molar-refractivity contribution < 1.29 is 9.53 Å². The molecule has 6 nitrogen and oxygen atoms in total. The molecule has 28 heavy (non-hydrogen) atoms. The summed E-state index contributed by atoms with van der Waals surface area (Å²) >= 11 is 0. The van der Waals surface area contributed by atoms with Crippen LogP contribution in [0.1, 0.15) is 11.1 Å². The molecule has 0 spiro atoms. The van der Waals surface area contributed by atoms with Crippen LogP contribution in [0.2, 0.25) is 0 Å². The lowest BCUT2D eigenvalue weighted by atomic mass is 10.1. The van der Waals surface area contributed by atoms with Gasteiger partial charge in [-0.1, -0.05) is 12.1 Å². The van der Waals surface area contributed by atoms with Gasteiger partial charge in [-0.3, -0.25) is 0 Å². The third kappa shape index (κ3) is 4.07. The minimum Gasteiger partial charge on any atom is -0.378 e. The van der Waals surface area contributed by atoms with Crippen LogP contribution in [0.25, 0.3) is 10.9 Å². The first-order valence-electron chi connectivity index (χ1n) is 9.47. The van der Waals surface area contributed by atoms with E-state index in [1.54, 1.807) is 0 Å². The minimum atomic E-state index is -0.263. The predicted molar refractivity (Wildman–Crippen MR) is 113 cm³/mol. The van der Waals surface area contributed by atoms with Gasteiger partial charge in [-0.2, -0.15) is 0 Å². The van der Waals surface area contributed by atoms with Crippen molar-refractivity contribution in [1.82, 2.24) is 4.98 Å². The monoisotopic (exact) mass is 376 g/mol. The topological polar surface area (TPSA) is 66.5 Å². The van der Waals surface area contributed by atoms with Crippen molar-refractivity contribution in [1.29, 1.82) is 0 Å². The van der Waals surface area contributed by atoms with Crippen LogP contribution >= 0.6 is 0 Å². The van der Waals surface area contributed by atoms with Gasteiger partial charge in [-0.15, -0.1) is 0 Å². The van der Waals surface area contributed by atoms with Crippen molar-refractivity contribution in [2.45, 2.75) is 13.8 Å². The zero-order valence-electron chi connectivity index (χ0n) is 16.2. The van der Waals surface area contributed by atoms with Crippen LogP contribution in [0.5, 0.6) is 0 Å². The van der Waals surface area contributed by atoms with E-state index in [0.717, 1.165) is 65.5 Å². The molecule has 144 valence electrons. The van der Waals surface area contributed by atoms with Crippen molar-refractivity contribution in [3.05, 3.63) is 59.7 Å². The third-order valence-corrected chi connectivity index (χ3v) is 4.87. The van der Waals surface area contributed by atoms with E-state index in [1.165, 1.54) is 0 Å². The molecule has 0 aliphatic carbocycles. The number of nitrogens with one attached hydrogen (secondary N) is 2. The fourth-order valence-electron chi connectivity index (χ4n) is 3.42. The summed E-state index contributed by atoms with van der Waals surface area (Å²) in [5, 5.41) is 6.80. The normalized spacial score (nSPS) is 14.1. The number of morpholine rings is 1. The highest BCUT2D eigenvalue weighted by Gasteiger charge is 2.14. The Morgan fingerprint density at radius 1 is 1.00 bits per heavy atom. The van der Waals surface area contributed by atoms with Crippen LogP contribution in [0.15, 0.2) is 48.5 Å². The van der Waals surface area contributed by atoms with Gasteiger partial charge in [-0.25, -0.2) is 9.78 Å². The van der Waals surface area contributed by atoms with Gasteiger partial charge >= 0.3 is 6.03 Å². The maximum absolute atomic E-state index is 12.3. The van der Waals surface area contributed by atoms with Gasteiger partial charge in [0.2, 0.25) is 0 Å². The fourth-order valence-corrected chi connectivity index (χ4v) is 3.42. The maximum Gasteiger partial charge on any atom is 0.323 e. The summed E-state index contributed by atoms with van der Waals surface area (Å²) in [6, 6.07) is 15.4. The summed E-state index contributed by atoms with van der Waals surface area (Å²) in [7, 11) is 0. The smallest absolute Gasteiger partial charge is 0.323 e. The van der Waals surface area contributed by atoms with E-state index in [9.17, 15) is 4.79 Å². The van der Waals surface area contributed by atoms with Gasteiger partial charge in [0.05, 0.1) is 18.7 Å². The standard InChI is InChI=1S/C22H24N4O2/c1-15-4-3-5-17(12-15)23-22(27)24-18-6-7-20-19(14-18)16(2)13-21(25-20)26-8-10-28-11-9-26/h3-7,12-14H,8-11H2,1-2H3,(H2,23,24,27). The molecule has 1 fully saturated rings. The number of hydrogen-bond acceptors (Lipinski definition) is 4. The fraction of sp³-hybridized carbons (Fsp3) is 0.273. The number of carbonyl (C=O) groups is 1. The second-order valence-corrected chi connectivity index (χ2v) is 7.08. The number of hydrogen-bond donors (Lipinski definition) is 2. The van der Waals surface area contributed by atoms with Crippen molar-refractivity contribution in [3.63, 3.8) is 0 Å². The Kier molecular flexibility index (Phi) is 5.12. The van der Waals surface area contributed by atoms with E-state index in [-0.39, 0.29) is 6.03 Å². The average molecular weight is 376 g/mol. The van der Waals surface area contributed by atoms with Crippen molar-refractivity contribution >= 4 is 34.1 Å². The lowest BCUT2D eigenvalue weighted by Gasteiger charge is -2.28. The first kappa shape index (κ1) is 18.3. The van der Waals surface area contributed by atoms with Crippen molar-refractivity contribution in [3.8, 4) is 0 Å². The largest absolute Gasteiger partial charge is 0.378 e. The number of carbonyl (C=O) groups excluding carboxylic acids is 1. The Morgan fingerprint density at radius 2 is 1.75 bits per heavy atom. The first-order valence-corrected chi connectivity index (χ1v) is 9.47. The van der Waals surface area contributed by atoms with Crippen LogP contribution in [-0.2, 0) is 4.74 Å². The van der Waals surface area contributed by atoms with Crippen LogP contribution in [0.4, 0.5) is 22.0 Å². The van der Waals surface area contributed by atoms with Gasteiger partial charge in [0, 0.05) is 29.9 Å². The maximum atomic E-state index is 12.3. The van der Waals surface area contributed by atoms with E-state index in [0.29, 0.717) is 0 Å². The molecule has 2 N–H and O–H groups in total. The number of anilines is 3. The molecule has 3 aromatic rings. The highest BCUT2D eigenvalue weighted by Crippen LogP contribution is 2.26. The van der Waals surface area contributed by atoms with E-state index in [2.05, 4.69) is 28.5 Å². The minimum absolute atomic E-state index is 0.263. The number of pyridine rings is 1. The molecule has 2 amide bonds. The lowest BCUT2D eigenvalue weighted by molar-refractivity contribution is 0.122. The first-order chi connectivity index (χ1) is 13.6. The zero-order valence-corrected chi connectivity index (χ0v) is 16.2. The molecule has 0 atom stereocenters. The second kappa shape index (κ2) is 7.86. The van der Waals surface area contributed by atoms with Gasteiger partial charge < -0.3 is 20.3 Å². The molecule has 1 aliphatic heterocycles. The molecule has 0 radical (unpaired) electrons. The van der Waals surface area contributed by atoms with E-state index < -0.39 is 0 Å². The molecular weight excluding hydrogens is 352 g/mol. The lowest BCUT2D eigenvalue weighted by Crippen LogP contribution is -2.36. The summed E-state index contributed by atoms with van der Waals surface area (Å²) in [5.41, 5.74) is 4.66. The Balaban J connectivity index is 1.52. The summed E-state index contributed by atoms with van der Waals surface area (Å²) < 4.78 is 5.43. The summed E-state index contributed by atoms with van der Waals surface area (Å²) in [4.78, 5) is 19.4. The number of benzene rings is 2. The number of aromatic nitrogens is 1. The van der Waals surface area contributed by atoms with Crippen LogP contribution in [0.3, 0.4) is 0 Å². The quantitative estimate of drug-likeness (QED) is 0.714. The number of rotatable bonds is 3. The number of aryl methyl sites for hydroxylation is 2. The molecular formula is C22H24N4O2. The van der Waals surface area contributed by atoms with Gasteiger partial charge in [0.15, 0.2) is 0 Å². The second-order valence-electron chi connectivity index (χ2n) is 7.08. The molecule has 4 rings (SSSR count). The number of urea groups is 1. The number of nitrogens with zero attached hydrogens (tertiary/aromatic N) is 2. The summed E-state index contributed by atoms with van der Waals surface area (Å²) in [6.45, 7) is 7.25. The SMILES string of the molecule is Cc1cccc(NC(=O)Nc2ccc3nc(N4CCOCC4)cc(C)c3c2)c1. The molecule has 1 saturated heterocycles. The summed E-state index contributed by atoms with van der Waals surface area (Å²) in [6.07, 6.45) is 0. The Morgan fingerprint density at radius 3 is 2.50 bits per heavy atom. The van der Waals surface area contributed by atoms with Crippen LogP contribution in [0, 0.1) is 13.8 Å². The molecule has 2 heterocycles. The van der Waals surface area contributed by atoms with E-state index >= 15 is 0 Å². The van der Waals surface area contributed by atoms with Gasteiger partial charge in [0.1, 0.15) is 5.82 Å². The molecule has 6 heteroatoms. The van der Waals surface area contributed by atoms with E-state index in [4.69, 9.17) is 9.72 Å². The van der Waals surface area contributed by atoms with Crippen molar-refractivity contribution in [2.75, 3.05) is 41.8 Å². The Bertz CT molecular complexity index is 1010. The van der Waals surface area contributed by atoms with Crippen LogP contribution < -0.4 is 15.5 Å². The summed E-state index contributed by atoms with van der Waals surface area (Å²) in [5.74, 6) is 0.978. The number of ether oxygens (including phenoxy) is 1. The molecule has 2 aromatic carbocycles.